The molecule has 0 bridgehead atoms. The highest BCUT2D eigenvalue weighted by Gasteiger charge is 2.16. The molecule has 1 N–H and O–H groups in total. The fourth-order valence-corrected chi connectivity index (χ4v) is 1.82. The maximum absolute atomic E-state index is 11.4. The molecule has 0 saturated carbocycles. The molecule has 0 unspecified atom stereocenters. The van der Waals surface area contributed by atoms with Crippen molar-refractivity contribution in [2.75, 3.05) is 20.3 Å². The molecule has 1 aromatic rings. The van der Waals surface area contributed by atoms with Crippen molar-refractivity contribution in [3.05, 3.63) is 29.8 Å². The minimum absolute atomic E-state index is 0.196. The van der Waals surface area contributed by atoms with Crippen LogP contribution >= 0.6 is 0 Å². The van der Waals surface area contributed by atoms with Crippen LogP contribution in [0, 0.1) is 0 Å². The zero-order chi connectivity index (χ0) is 12.8. The number of benzene rings is 1. The first kappa shape index (κ1) is 12.9. The topological polar surface area (TPSA) is 56.8 Å². The van der Waals surface area contributed by atoms with Gasteiger partial charge in [-0.3, -0.25) is 9.63 Å². The molecule has 18 heavy (non-hydrogen) atoms. The fraction of sp³-hybridized carbons (Fsp3) is 0.462. The maximum Gasteiger partial charge on any atom is 0.274 e. The Hall–Kier alpha value is -1.59. The van der Waals surface area contributed by atoms with Crippen molar-refractivity contribution in [2.45, 2.75) is 18.9 Å². The van der Waals surface area contributed by atoms with Crippen molar-refractivity contribution in [1.82, 2.24) is 5.48 Å². The predicted molar refractivity (Wildman–Crippen MR) is 65.4 cm³/mol. The molecule has 1 atom stereocenters. The van der Waals surface area contributed by atoms with E-state index in [4.69, 9.17) is 9.47 Å². The van der Waals surface area contributed by atoms with Gasteiger partial charge in [-0.2, -0.15) is 0 Å². The Balaban J connectivity index is 1.85. The number of amides is 1. The predicted octanol–water partition coefficient (Wildman–Crippen LogP) is 1.54. The van der Waals surface area contributed by atoms with E-state index in [-0.39, 0.29) is 12.0 Å². The standard InChI is InChI=1S/C13H17NO4/c1-16-14-13(15)10-4-6-11(7-5-10)18-9-12-3-2-8-17-12/h4-7,12H,2-3,8-9H2,1H3,(H,14,15)/t12-/m1/s1. The number of carbonyl (C=O) groups excluding carboxylic acids is 1. The van der Waals surface area contributed by atoms with Crippen molar-refractivity contribution < 1.29 is 19.1 Å². The number of rotatable bonds is 5. The van der Waals surface area contributed by atoms with E-state index in [2.05, 4.69) is 10.3 Å². The van der Waals surface area contributed by atoms with Gasteiger partial charge in [0, 0.05) is 12.2 Å². The summed E-state index contributed by atoms with van der Waals surface area (Å²) >= 11 is 0. The molecule has 0 aromatic heterocycles. The Morgan fingerprint density at radius 3 is 2.83 bits per heavy atom. The molecule has 1 aromatic carbocycles. The number of carbonyl (C=O) groups is 1. The molecule has 1 fully saturated rings. The Bertz CT molecular complexity index is 384. The molecule has 5 heteroatoms. The summed E-state index contributed by atoms with van der Waals surface area (Å²) in [6, 6.07) is 6.91. The Kier molecular flexibility index (Phi) is 4.55. The summed E-state index contributed by atoms with van der Waals surface area (Å²) in [7, 11) is 1.40. The van der Waals surface area contributed by atoms with Crippen LogP contribution in [0.15, 0.2) is 24.3 Å². The molecule has 0 spiro atoms. The molecule has 5 nitrogen and oxygen atoms in total. The van der Waals surface area contributed by atoms with Crippen molar-refractivity contribution in [3.63, 3.8) is 0 Å². The number of hydroxylamine groups is 1. The van der Waals surface area contributed by atoms with Gasteiger partial charge in [0.25, 0.3) is 5.91 Å². The Morgan fingerprint density at radius 1 is 1.44 bits per heavy atom. The van der Waals surface area contributed by atoms with E-state index in [1.54, 1.807) is 24.3 Å². The molecular formula is C13H17NO4. The highest BCUT2D eigenvalue weighted by molar-refractivity contribution is 5.93. The van der Waals surface area contributed by atoms with Gasteiger partial charge in [0.1, 0.15) is 12.4 Å². The third-order valence-corrected chi connectivity index (χ3v) is 2.77. The minimum Gasteiger partial charge on any atom is -0.491 e. The van der Waals surface area contributed by atoms with E-state index in [0.29, 0.717) is 12.2 Å². The summed E-state index contributed by atoms with van der Waals surface area (Å²) in [4.78, 5) is 16.0. The van der Waals surface area contributed by atoms with Crippen LogP contribution in [0.1, 0.15) is 23.2 Å². The van der Waals surface area contributed by atoms with Gasteiger partial charge in [-0.25, -0.2) is 5.48 Å². The van der Waals surface area contributed by atoms with E-state index < -0.39 is 0 Å². The lowest BCUT2D eigenvalue weighted by molar-refractivity contribution is 0.0537. The monoisotopic (exact) mass is 251 g/mol. The quantitative estimate of drug-likeness (QED) is 0.806. The first-order valence-electron chi connectivity index (χ1n) is 5.97. The molecule has 1 amide bonds. The van der Waals surface area contributed by atoms with Crippen molar-refractivity contribution in [1.29, 1.82) is 0 Å². The molecular weight excluding hydrogens is 234 g/mol. The minimum atomic E-state index is -0.275. The van der Waals surface area contributed by atoms with Gasteiger partial charge in [-0.05, 0) is 37.1 Å². The molecule has 0 aliphatic carbocycles. The largest absolute Gasteiger partial charge is 0.491 e. The molecule has 2 rings (SSSR count). The third-order valence-electron chi connectivity index (χ3n) is 2.77. The lowest BCUT2D eigenvalue weighted by Crippen LogP contribution is -2.21. The van der Waals surface area contributed by atoms with Crippen LogP contribution < -0.4 is 10.2 Å². The Morgan fingerprint density at radius 2 is 2.22 bits per heavy atom. The van der Waals surface area contributed by atoms with E-state index >= 15 is 0 Å². The van der Waals surface area contributed by atoms with Gasteiger partial charge in [-0.1, -0.05) is 0 Å². The SMILES string of the molecule is CONC(=O)c1ccc(OC[C@H]2CCCO2)cc1. The number of hydrogen-bond acceptors (Lipinski definition) is 4. The van der Waals surface area contributed by atoms with E-state index in [9.17, 15) is 4.79 Å². The summed E-state index contributed by atoms with van der Waals surface area (Å²) in [6.07, 6.45) is 2.35. The fourth-order valence-electron chi connectivity index (χ4n) is 1.82. The van der Waals surface area contributed by atoms with Gasteiger partial charge in [-0.15, -0.1) is 0 Å². The highest BCUT2D eigenvalue weighted by atomic mass is 16.6. The maximum atomic E-state index is 11.4. The van der Waals surface area contributed by atoms with Gasteiger partial charge in [0.15, 0.2) is 0 Å². The summed E-state index contributed by atoms with van der Waals surface area (Å²) in [5.41, 5.74) is 2.79. The Labute approximate surface area is 106 Å². The normalized spacial score (nSPS) is 18.6. The van der Waals surface area contributed by atoms with Crippen LogP contribution in [0.5, 0.6) is 5.75 Å². The zero-order valence-electron chi connectivity index (χ0n) is 10.3. The van der Waals surface area contributed by atoms with Crippen LogP contribution in [-0.2, 0) is 9.57 Å². The molecule has 1 heterocycles. The van der Waals surface area contributed by atoms with Crippen LogP contribution in [0.3, 0.4) is 0 Å². The van der Waals surface area contributed by atoms with E-state index in [0.717, 1.165) is 25.2 Å². The molecule has 1 saturated heterocycles. The molecule has 0 radical (unpaired) electrons. The van der Waals surface area contributed by atoms with Crippen LogP contribution in [0.25, 0.3) is 0 Å². The molecule has 1 aliphatic heterocycles. The summed E-state index contributed by atoms with van der Waals surface area (Å²) < 4.78 is 11.1. The van der Waals surface area contributed by atoms with Crippen LogP contribution in [0.2, 0.25) is 0 Å². The van der Waals surface area contributed by atoms with Crippen LogP contribution in [-0.4, -0.2) is 32.3 Å². The second-order valence-electron chi connectivity index (χ2n) is 4.11. The van der Waals surface area contributed by atoms with Gasteiger partial charge in [0.05, 0.1) is 13.2 Å². The van der Waals surface area contributed by atoms with E-state index in [1.165, 1.54) is 7.11 Å². The summed E-state index contributed by atoms with van der Waals surface area (Å²) in [5, 5.41) is 0. The first-order chi connectivity index (χ1) is 8.79. The summed E-state index contributed by atoms with van der Waals surface area (Å²) in [5.74, 6) is 0.461. The second-order valence-corrected chi connectivity index (χ2v) is 4.11. The lowest BCUT2D eigenvalue weighted by atomic mass is 10.2. The highest BCUT2D eigenvalue weighted by Crippen LogP contribution is 2.16. The average Bonchev–Trinajstić information content (AvgIpc) is 2.90. The van der Waals surface area contributed by atoms with Gasteiger partial charge in [0.2, 0.25) is 0 Å². The number of hydrogen-bond donors (Lipinski definition) is 1. The van der Waals surface area contributed by atoms with Crippen molar-refractivity contribution >= 4 is 5.91 Å². The summed E-state index contributed by atoms with van der Waals surface area (Å²) in [6.45, 7) is 1.38. The van der Waals surface area contributed by atoms with Crippen molar-refractivity contribution in [3.8, 4) is 5.75 Å². The van der Waals surface area contributed by atoms with Crippen LogP contribution in [0.4, 0.5) is 0 Å². The first-order valence-corrected chi connectivity index (χ1v) is 5.97. The lowest BCUT2D eigenvalue weighted by Gasteiger charge is -2.11. The average molecular weight is 251 g/mol. The number of nitrogens with one attached hydrogen (secondary N) is 1. The third kappa shape index (κ3) is 3.45. The van der Waals surface area contributed by atoms with Gasteiger partial charge < -0.3 is 9.47 Å². The van der Waals surface area contributed by atoms with Crippen molar-refractivity contribution in [2.24, 2.45) is 0 Å². The van der Waals surface area contributed by atoms with E-state index in [1.807, 2.05) is 0 Å². The number of ether oxygens (including phenoxy) is 2. The van der Waals surface area contributed by atoms with Gasteiger partial charge >= 0.3 is 0 Å². The second kappa shape index (κ2) is 6.37. The molecule has 1 aliphatic rings. The zero-order valence-corrected chi connectivity index (χ0v) is 10.3. The smallest absolute Gasteiger partial charge is 0.274 e. The molecule has 98 valence electrons.